The third-order valence-electron chi connectivity index (χ3n) is 8.03. The number of aliphatic hydroxyl groups is 1. The van der Waals surface area contributed by atoms with Crippen molar-refractivity contribution >= 4 is 13.8 Å². The van der Waals surface area contributed by atoms with Crippen molar-refractivity contribution in [1.82, 2.24) is 9.97 Å². The normalized spacial score (nSPS) is 15.9. The van der Waals surface area contributed by atoms with E-state index in [0.29, 0.717) is 11.8 Å². The molecule has 43 heavy (non-hydrogen) atoms. The SMILES string of the molecule is CC(C)c1cccc(C(C)C)c1[NH-].C[C]1[C](C)[C](C)[C](C)[C]1C.C[Si](C)(C)CC(O)c1cccc(-c2ccccn2)n1.[Lu]. The van der Waals surface area contributed by atoms with Gasteiger partial charge >= 0.3 is 0 Å². The van der Waals surface area contributed by atoms with Gasteiger partial charge < -0.3 is 10.8 Å². The molecule has 1 aromatic carbocycles. The standard InChI is InChI=1S/C15H20N2OSi.C12H18N.C10H15.Lu/c1-19(2,3)11-15(18)14-9-6-8-13(17-14)12-7-4-5-10-16-12;1-8(2)10-6-5-7-11(9(3)4)12(10)13;1-6-7(2)9(4)10(5)8(6)3;/h4-10,15,18H,11H2,1-3H3;5-9,13H,1-4H3;1-5H3;/q;-1;;. The van der Waals surface area contributed by atoms with Crippen LogP contribution < -0.4 is 0 Å². The molecule has 4 rings (SSSR count). The molecule has 1 aliphatic rings. The van der Waals surface area contributed by atoms with Crippen molar-refractivity contribution in [2.24, 2.45) is 0 Å². The van der Waals surface area contributed by atoms with Crippen LogP contribution in [0.15, 0.2) is 60.8 Å². The minimum atomic E-state index is -1.31. The summed E-state index contributed by atoms with van der Waals surface area (Å²) in [5, 5.41) is 10.3. The average molecular weight is 759 g/mol. The predicted molar refractivity (Wildman–Crippen MR) is 184 cm³/mol. The Balaban J connectivity index is 0.000000337. The van der Waals surface area contributed by atoms with E-state index < -0.39 is 14.2 Å². The predicted octanol–water partition coefficient (Wildman–Crippen LogP) is 11.1. The summed E-state index contributed by atoms with van der Waals surface area (Å²) in [7, 11) is -1.31. The number of hydrogen-bond donors (Lipinski definition) is 1. The van der Waals surface area contributed by atoms with E-state index in [-0.39, 0.29) is 36.9 Å². The molecule has 0 amide bonds. The van der Waals surface area contributed by atoms with E-state index in [4.69, 9.17) is 5.73 Å². The van der Waals surface area contributed by atoms with Crippen LogP contribution in [-0.4, -0.2) is 23.1 Å². The van der Waals surface area contributed by atoms with Crippen LogP contribution in [0.3, 0.4) is 0 Å². The van der Waals surface area contributed by atoms with Crippen LogP contribution in [0.25, 0.3) is 17.1 Å². The van der Waals surface area contributed by atoms with E-state index in [9.17, 15) is 5.11 Å². The molecule has 1 atom stereocenters. The maximum absolute atomic E-state index is 10.3. The van der Waals surface area contributed by atoms with Crippen molar-refractivity contribution in [2.75, 3.05) is 0 Å². The van der Waals surface area contributed by atoms with Crippen LogP contribution >= 0.6 is 0 Å². The number of nitrogens with one attached hydrogen (secondary N) is 1. The van der Waals surface area contributed by atoms with Gasteiger partial charge in [0, 0.05) is 51.1 Å². The Morgan fingerprint density at radius 3 is 1.51 bits per heavy atom. The molecule has 1 aliphatic carbocycles. The van der Waals surface area contributed by atoms with Gasteiger partial charge in [-0.3, -0.25) is 4.98 Å². The molecule has 0 bridgehead atoms. The molecule has 3 aromatic rings. The zero-order valence-corrected chi connectivity index (χ0v) is 31.0. The number of rotatable bonds is 6. The number of nitrogens with zero attached hydrogens (tertiary/aromatic N) is 2. The first-order valence-electron chi connectivity index (χ1n) is 15.2. The Bertz CT molecular complexity index is 1160. The fourth-order valence-electron chi connectivity index (χ4n) is 4.94. The van der Waals surface area contributed by atoms with E-state index in [0.717, 1.165) is 39.9 Å². The van der Waals surface area contributed by atoms with Crippen LogP contribution in [0.5, 0.6) is 0 Å². The van der Waals surface area contributed by atoms with Crippen LogP contribution in [0.4, 0.5) is 5.69 Å². The van der Waals surface area contributed by atoms with Gasteiger partial charge in [-0.25, -0.2) is 4.98 Å². The molecular weight excluding hydrogens is 705 g/mol. The zero-order chi connectivity index (χ0) is 31.8. The minimum absolute atomic E-state index is 0. The molecular formula is C37H53LuN3OSi-. The summed E-state index contributed by atoms with van der Waals surface area (Å²) in [5.41, 5.74) is 13.4. The van der Waals surface area contributed by atoms with Gasteiger partial charge in [-0.1, -0.05) is 123 Å². The zero-order valence-electron chi connectivity index (χ0n) is 28.3. The number of hydrogen-bond acceptors (Lipinski definition) is 3. The molecule has 0 aliphatic heterocycles. The van der Waals surface area contributed by atoms with Crippen molar-refractivity contribution in [3.63, 3.8) is 0 Å². The third-order valence-corrected chi connectivity index (χ3v) is 9.64. The van der Waals surface area contributed by atoms with Gasteiger partial charge in [0.25, 0.3) is 0 Å². The summed E-state index contributed by atoms with van der Waals surface area (Å²) in [6, 6.07) is 18.5. The van der Waals surface area contributed by atoms with E-state index in [2.05, 4.69) is 110 Å². The second-order valence-corrected chi connectivity index (χ2v) is 18.7. The summed E-state index contributed by atoms with van der Waals surface area (Å²) in [6.07, 6.45) is 1.28. The summed E-state index contributed by atoms with van der Waals surface area (Å²) < 4.78 is 0. The van der Waals surface area contributed by atoms with Crippen LogP contribution in [0.1, 0.15) is 97.1 Å². The number of pyridine rings is 2. The van der Waals surface area contributed by atoms with Gasteiger partial charge in [0.15, 0.2) is 0 Å². The molecule has 6 heteroatoms. The molecule has 2 N–H and O–H groups in total. The van der Waals surface area contributed by atoms with E-state index in [1.165, 1.54) is 29.6 Å². The molecule has 1 unspecified atom stereocenters. The van der Waals surface area contributed by atoms with Crippen molar-refractivity contribution in [1.29, 1.82) is 0 Å². The van der Waals surface area contributed by atoms with Crippen LogP contribution in [0.2, 0.25) is 25.7 Å². The molecule has 1 saturated carbocycles. The first-order chi connectivity index (χ1) is 19.5. The second kappa shape index (κ2) is 18.0. The molecule has 0 saturated heterocycles. The molecule has 2 heterocycles. The summed E-state index contributed by atoms with van der Waals surface area (Å²) in [6.45, 7) is 26.3. The monoisotopic (exact) mass is 758 g/mol. The maximum Gasteiger partial charge on any atom is 0.0936 e. The van der Waals surface area contributed by atoms with Gasteiger partial charge in [0.2, 0.25) is 0 Å². The molecule has 242 valence electrons. The van der Waals surface area contributed by atoms with Gasteiger partial charge in [-0.05, 0) is 71.7 Å². The van der Waals surface area contributed by atoms with Gasteiger partial charge in [-0.2, -0.15) is 0 Å². The number of benzene rings is 1. The van der Waals surface area contributed by atoms with E-state index >= 15 is 0 Å². The number of aliphatic hydroxyl groups excluding tert-OH is 1. The van der Waals surface area contributed by atoms with E-state index in [1.807, 2.05) is 36.4 Å². The molecule has 2 aromatic heterocycles. The molecule has 1 fully saturated rings. The van der Waals surface area contributed by atoms with Crippen LogP contribution in [-0.2, 0) is 0 Å². The fourth-order valence-corrected chi connectivity index (χ4v) is 6.31. The van der Waals surface area contributed by atoms with Crippen molar-refractivity contribution in [2.45, 2.75) is 106 Å². The molecule has 6 radical (unpaired) electrons. The first-order valence-corrected chi connectivity index (χ1v) is 18.9. The average Bonchev–Trinajstić information content (AvgIpc) is 3.10. The molecule has 0 spiro atoms. The summed E-state index contributed by atoms with van der Waals surface area (Å²) >= 11 is 0. The Hall–Kier alpha value is -1.27. The smallest absolute Gasteiger partial charge is 0.0936 e. The van der Waals surface area contributed by atoms with Crippen LogP contribution in [0, 0.1) is 66.5 Å². The quantitative estimate of drug-likeness (QED) is 0.255. The van der Waals surface area contributed by atoms with Crippen molar-refractivity contribution in [3.05, 3.63) is 113 Å². The van der Waals surface area contributed by atoms with Gasteiger partial charge in [0.05, 0.1) is 23.2 Å². The third kappa shape index (κ3) is 11.9. The Morgan fingerprint density at radius 1 is 0.674 bits per heavy atom. The van der Waals surface area contributed by atoms with E-state index in [1.54, 1.807) is 6.20 Å². The summed E-state index contributed by atoms with van der Waals surface area (Å²) in [5.74, 6) is 8.24. The second-order valence-electron chi connectivity index (χ2n) is 13.2. The summed E-state index contributed by atoms with van der Waals surface area (Å²) in [4.78, 5) is 8.83. The van der Waals surface area contributed by atoms with Crippen molar-refractivity contribution < 1.29 is 42.0 Å². The Morgan fingerprint density at radius 2 is 1.12 bits per heavy atom. The largest absolute Gasteiger partial charge is 0.698 e. The Kier molecular flexibility index (Phi) is 16.7. The first kappa shape index (κ1) is 39.8. The van der Waals surface area contributed by atoms with Gasteiger partial charge in [0.1, 0.15) is 0 Å². The Labute approximate surface area is 293 Å². The van der Waals surface area contributed by atoms with Crippen molar-refractivity contribution in [3.8, 4) is 11.4 Å². The topological polar surface area (TPSA) is 69.8 Å². The van der Waals surface area contributed by atoms with Gasteiger partial charge in [-0.15, -0.1) is 5.69 Å². The fraction of sp³-hybridized carbons (Fsp3) is 0.432. The number of aromatic nitrogens is 2. The minimum Gasteiger partial charge on any atom is -0.698 e. The maximum atomic E-state index is 10.3. The molecule has 4 nitrogen and oxygen atoms in total.